The minimum atomic E-state index is -0.862. The molecule has 0 spiro atoms. The Bertz CT molecular complexity index is 1140. The second kappa shape index (κ2) is 26.8. The Kier molecular flexibility index (Phi) is 23.8. The fourth-order valence-electron chi connectivity index (χ4n) is 5.23. The summed E-state index contributed by atoms with van der Waals surface area (Å²) < 4.78 is 21.8. The van der Waals surface area contributed by atoms with Gasteiger partial charge in [-0.2, -0.15) is 0 Å². The van der Waals surface area contributed by atoms with Crippen LogP contribution >= 0.6 is 0 Å². The minimum absolute atomic E-state index is 0.0283. The van der Waals surface area contributed by atoms with Gasteiger partial charge < -0.3 is 51.3 Å². The fraction of sp³-hybridized carbons (Fsp3) is 0.794. The number of nitrogens with zero attached hydrogens (tertiary/aromatic N) is 1. The van der Waals surface area contributed by atoms with Crippen LogP contribution in [0, 0.1) is 17.8 Å². The van der Waals surface area contributed by atoms with Crippen molar-refractivity contribution in [2.75, 3.05) is 79.5 Å². The fourth-order valence-corrected chi connectivity index (χ4v) is 5.23. The Morgan fingerprint density at radius 2 is 1.37 bits per heavy atom. The van der Waals surface area contributed by atoms with Gasteiger partial charge in [0.25, 0.3) is 0 Å². The molecule has 1 unspecified atom stereocenters. The number of nitrogens with one attached hydrogen (secondary N) is 5. The summed E-state index contributed by atoms with van der Waals surface area (Å²) >= 11 is 0. The first-order valence-electron chi connectivity index (χ1n) is 18.0. The van der Waals surface area contributed by atoms with Crippen molar-refractivity contribution in [1.29, 1.82) is 0 Å². The van der Waals surface area contributed by atoms with Crippen LogP contribution < -0.4 is 32.3 Å². The molecule has 8 amide bonds. The average Bonchev–Trinajstić information content (AvgIpc) is 3.34. The molecule has 0 aromatic carbocycles. The number of likely N-dealkylation sites (tertiary alicyclic amines) is 1. The number of likely N-dealkylation sites (N-methyl/N-ethyl adjacent to an activating group) is 1. The van der Waals surface area contributed by atoms with Gasteiger partial charge in [0.2, 0.25) is 35.4 Å². The van der Waals surface area contributed by atoms with Gasteiger partial charge in [0, 0.05) is 51.9 Å². The van der Waals surface area contributed by atoms with Crippen molar-refractivity contribution in [2.45, 2.75) is 78.3 Å². The Labute approximate surface area is 306 Å². The number of ether oxygens (including phenoxy) is 4. The van der Waals surface area contributed by atoms with E-state index in [-0.39, 0.29) is 87.5 Å². The van der Waals surface area contributed by atoms with Gasteiger partial charge in [0.05, 0.1) is 52.9 Å². The van der Waals surface area contributed by atoms with E-state index in [1.807, 2.05) is 13.8 Å². The molecule has 1 saturated heterocycles. The highest BCUT2D eigenvalue weighted by molar-refractivity contribution is 6.03. The highest BCUT2D eigenvalue weighted by atomic mass is 16.6. The zero-order valence-electron chi connectivity index (χ0n) is 31.4. The molecule has 1 aliphatic heterocycles. The zero-order chi connectivity index (χ0) is 38.9. The largest absolute Gasteiger partial charge is 0.379 e. The predicted octanol–water partition coefficient (Wildman–Crippen LogP) is -0.809. The topological polar surface area (TPSA) is 246 Å². The van der Waals surface area contributed by atoms with E-state index in [0.717, 1.165) is 0 Å². The molecule has 18 heteroatoms. The van der Waals surface area contributed by atoms with Gasteiger partial charge in [-0.05, 0) is 31.1 Å². The normalized spacial score (nSPS) is 15.4. The maximum Gasteiger partial charge on any atom is 0.312 e. The molecule has 298 valence electrons. The van der Waals surface area contributed by atoms with Gasteiger partial charge in [-0.3, -0.25) is 33.7 Å². The van der Waals surface area contributed by atoms with E-state index in [2.05, 4.69) is 26.6 Å². The first kappa shape index (κ1) is 46.2. The van der Waals surface area contributed by atoms with Crippen LogP contribution in [0.1, 0.15) is 66.2 Å². The zero-order valence-corrected chi connectivity index (χ0v) is 31.4. The number of urea groups is 1. The number of hydrogen-bond donors (Lipinski definition) is 6. The third-order valence-corrected chi connectivity index (χ3v) is 7.93. The summed E-state index contributed by atoms with van der Waals surface area (Å²) in [7, 11) is 1.45. The van der Waals surface area contributed by atoms with Crippen molar-refractivity contribution in [1.82, 2.24) is 31.5 Å². The van der Waals surface area contributed by atoms with Crippen LogP contribution in [0.25, 0.3) is 0 Å². The Morgan fingerprint density at radius 3 is 1.92 bits per heavy atom. The van der Waals surface area contributed by atoms with Crippen LogP contribution in [-0.4, -0.2) is 138 Å². The van der Waals surface area contributed by atoms with E-state index in [1.54, 1.807) is 13.8 Å². The van der Waals surface area contributed by atoms with E-state index in [4.69, 9.17) is 24.7 Å². The third-order valence-electron chi connectivity index (χ3n) is 7.93. The average molecular weight is 744 g/mol. The van der Waals surface area contributed by atoms with Crippen molar-refractivity contribution in [3.8, 4) is 0 Å². The van der Waals surface area contributed by atoms with Crippen molar-refractivity contribution >= 4 is 41.5 Å². The smallest absolute Gasteiger partial charge is 0.312 e. The molecule has 7 N–H and O–H groups in total. The van der Waals surface area contributed by atoms with Gasteiger partial charge in [-0.25, -0.2) is 4.79 Å². The standard InChI is InChI=1S/C34H61N7O11/c1-23(2)21-25-22-29(44)41(33(25)47)12-8-27(42)37-11-14-50-16-18-52-20-19-51-17-15-49-13-9-28(43)40-30(24(3)4)32(46)39-26(31(45)36-5)7-6-10-38-34(35)48/h23-26,30H,6-22H2,1-5H3,(H,36,45)(H,37,42)(H,39,46)(H,40,43)(H3,35,38,48)/t25?,26-,30-/m0/s1. The van der Waals surface area contributed by atoms with Gasteiger partial charge in [-0.15, -0.1) is 0 Å². The number of carbonyl (C=O) groups is 7. The summed E-state index contributed by atoms with van der Waals surface area (Å²) in [6.07, 6.45) is 1.64. The molecule has 0 radical (unpaired) electrons. The second-order valence-corrected chi connectivity index (χ2v) is 13.1. The Balaban J connectivity index is 2.07. The first-order valence-corrected chi connectivity index (χ1v) is 18.0. The molecule has 0 aromatic rings. The third kappa shape index (κ3) is 20.2. The maximum absolute atomic E-state index is 12.9. The molecule has 1 fully saturated rings. The molecule has 1 heterocycles. The summed E-state index contributed by atoms with van der Waals surface area (Å²) in [5.41, 5.74) is 5.05. The molecule has 0 bridgehead atoms. The van der Waals surface area contributed by atoms with Gasteiger partial charge in [0.15, 0.2) is 0 Å². The molecule has 1 rings (SSSR count). The predicted molar refractivity (Wildman–Crippen MR) is 189 cm³/mol. The van der Waals surface area contributed by atoms with E-state index < -0.39 is 29.9 Å². The summed E-state index contributed by atoms with van der Waals surface area (Å²) in [5.74, 6) is -2.13. The highest BCUT2D eigenvalue weighted by Gasteiger charge is 2.38. The van der Waals surface area contributed by atoms with Crippen molar-refractivity contribution in [2.24, 2.45) is 23.5 Å². The Morgan fingerprint density at radius 1 is 0.769 bits per heavy atom. The molecular weight excluding hydrogens is 682 g/mol. The summed E-state index contributed by atoms with van der Waals surface area (Å²) in [6, 6.07) is -2.38. The summed E-state index contributed by atoms with van der Waals surface area (Å²) in [6.45, 7) is 10.6. The monoisotopic (exact) mass is 743 g/mol. The minimum Gasteiger partial charge on any atom is -0.379 e. The van der Waals surface area contributed by atoms with Crippen LogP contribution in [0.3, 0.4) is 0 Å². The highest BCUT2D eigenvalue weighted by Crippen LogP contribution is 2.25. The number of hydrogen-bond acceptors (Lipinski definition) is 11. The van der Waals surface area contributed by atoms with Gasteiger partial charge >= 0.3 is 6.03 Å². The van der Waals surface area contributed by atoms with Gasteiger partial charge in [0.1, 0.15) is 12.1 Å². The number of carbonyl (C=O) groups excluding carboxylic acids is 7. The first-order chi connectivity index (χ1) is 24.8. The van der Waals surface area contributed by atoms with Crippen LogP contribution in [0.2, 0.25) is 0 Å². The molecular formula is C34H61N7O11. The number of nitrogens with two attached hydrogens (primary N) is 1. The lowest BCUT2D eigenvalue weighted by Crippen LogP contribution is -2.55. The molecule has 18 nitrogen and oxygen atoms in total. The van der Waals surface area contributed by atoms with Crippen molar-refractivity contribution < 1.29 is 52.5 Å². The molecule has 52 heavy (non-hydrogen) atoms. The quantitative estimate of drug-likeness (QED) is 0.0409. The van der Waals surface area contributed by atoms with E-state index in [0.29, 0.717) is 64.9 Å². The Hall–Kier alpha value is -3.87. The second-order valence-electron chi connectivity index (χ2n) is 13.1. The SMILES string of the molecule is CNC(=O)[C@H](CCCNC(N)=O)NC(=O)[C@@H](NC(=O)CCOCCOCCOCCOCCNC(=O)CCN1C(=O)CC(CC(C)C)C1=O)C(C)C. The van der Waals surface area contributed by atoms with Crippen LogP contribution in [0.5, 0.6) is 0 Å². The van der Waals surface area contributed by atoms with E-state index >= 15 is 0 Å². The van der Waals surface area contributed by atoms with E-state index in [1.165, 1.54) is 11.9 Å². The number of amides is 8. The molecule has 0 aromatic heterocycles. The molecule has 3 atom stereocenters. The lowest BCUT2D eigenvalue weighted by atomic mass is 9.96. The lowest BCUT2D eigenvalue weighted by molar-refractivity contribution is -0.140. The number of imide groups is 1. The van der Waals surface area contributed by atoms with Crippen LogP contribution in [-0.2, 0) is 47.7 Å². The van der Waals surface area contributed by atoms with Crippen molar-refractivity contribution in [3.05, 3.63) is 0 Å². The maximum atomic E-state index is 12.9. The summed E-state index contributed by atoms with van der Waals surface area (Å²) in [5, 5.41) is 13.0. The van der Waals surface area contributed by atoms with Crippen LogP contribution in [0.4, 0.5) is 4.79 Å². The van der Waals surface area contributed by atoms with Gasteiger partial charge in [-0.1, -0.05) is 27.7 Å². The van der Waals surface area contributed by atoms with Crippen LogP contribution in [0.15, 0.2) is 0 Å². The van der Waals surface area contributed by atoms with E-state index in [9.17, 15) is 33.6 Å². The summed E-state index contributed by atoms with van der Waals surface area (Å²) in [4.78, 5) is 86.3. The van der Waals surface area contributed by atoms with Crippen molar-refractivity contribution in [3.63, 3.8) is 0 Å². The lowest BCUT2D eigenvalue weighted by Gasteiger charge is -2.25. The number of primary amides is 1. The molecule has 0 saturated carbocycles. The molecule has 0 aliphatic carbocycles. The molecule has 1 aliphatic rings. The number of rotatable bonds is 29.